The van der Waals surface area contributed by atoms with Gasteiger partial charge in [-0.15, -0.1) is 0 Å². The molecule has 0 bridgehead atoms. The third-order valence-corrected chi connectivity index (χ3v) is 7.76. The van der Waals surface area contributed by atoms with Crippen molar-refractivity contribution in [1.82, 2.24) is 24.4 Å². The van der Waals surface area contributed by atoms with Crippen LogP contribution in [0.4, 0.5) is 0 Å². The van der Waals surface area contributed by atoms with Gasteiger partial charge in [-0.3, -0.25) is 9.59 Å². The summed E-state index contributed by atoms with van der Waals surface area (Å²) in [5.74, 6) is 0.765. The van der Waals surface area contributed by atoms with E-state index >= 15 is 0 Å². The third kappa shape index (κ3) is 5.42. The lowest BCUT2D eigenvalue weighted by molar-refractivity contribution is 0.361. The van der Waals surface area contributed by atoms with Crippen LogP contribution in [0.3, 0.4) is 0 Å². The van der Waals surface area contributed by atoms with Crippen molar-refractivity contribution in [2.45, 2.75) is 20.3 Å². The summed E-state index contributed by atoms with van der Waals surface area (Å²) in [5, 5.41) is 9.30. The van der Waals surface area contributed by atoms with E-state index in [0.717, 1.165) is 50.6 Å². The molecule has 0 unspecified atom stereocenters. The Kier molecular flexibility index (Phi) is 7.33. The molecule has 0 atom stereocenters. The van der Waals surface area contributed by atoms with E-state index in [1.165, 1.54) is 4.52 Å². The molecule has 9 heteroatoms. The van der Waals surface area contributed by atoms with Crippen LogP contribution in [0.25, 0.3) is 28.0 Å². The predicted molar refractivity (Wildman–Crippen MR) is 166 cm³/mol. The van der Waals surface area contributed by atoms with E-state index in [1.54, 1.807) is 16.8 Å². The number of hydrogen-bond acceptors (Lipinski definition) is 7. The summed E-state index contributed by atoms with van der Waals surface area (Å²) >= 11 is 1.13. The highest BCUT2D eigenvalue weighted by Crippen LogP contribution is 2.29. The minimum absolute atomic E-state index is 0.227. The zero-order valence-corrected chi connectivity index (χ0v) is 24.0. The lowest BCUT2D eigenvalue weighted by atomic mass is 10.0. The van der Waals surface area contributed by atoms with Crippen molar-refractivity contribution in [3.05, 3.63) is 145 Å². The number of para-hydroxylation sites is 1. The van der Waals surface area contributed by atoms with Crippen LogP contribution in [0.1, 0.15) is 27.9 Å². The van der Waals surface area contributed by atoms with Gasteiger partial charge in [0.05, 0.1) is 10.2 Å². The van der Waals surface area contributed by atoms with Crippen LogP contribution in [0.2, 0.25) is 0 Å². The molecular weight excluding hydrogens is 546 g/mol. The van der Waals surface area contributed by atoms with Crippen molar-refractivity contribution < 1.29 is 4.74 Å². The van der Waals surface area contributed by atoms with Crippen molar-refractivity contribution in [2.24, 2.45) is 0 Å². The van der Waals surface area contributed by atoms with E-state index in [4.69, 9.17) is 9.84 Å². The average Bonchev–Trinajstić information content (AvgIpc) is 3.55. The van der Waals surface area contributed by atoms with E-state index in [-0.39, 0.29) is 16.2 Å². The molecule has 0 amide bonds. The Hall–Kier alpha value is -5.15. The number of benzene rings is 3. The first-order valence-electron chi connectivity index (χ1n) is 13.4. The van der Waals surface area contributed by atoms with Gasteiger partial charge in [0.2, 0.25) is 4.96 Å². The van der Waals surface area contributed by atoms with E-state index in [2.05, 4.69) is 16.7 Å². The first kappa shape index (κ1) is 27.0. The molecule has 8 nitrogen and oxygen atoms in total. The Morgan fingerprint density at radius 2 is 1.76 bits per heavy atom. The lowest BCUT2D eigenvalue weighted by Crippen LogP contribution is -2.28. The molecule has 6 rings (SSSR count). The van der Waals surface area contributed by atoms with Gasteiger partial charge >= 0.3 is 0 Å². The largest absolute Gasteiger partial charge is 0.489 e. The molecule has 0 aliphatic rings. The Morgan fingerprint density at radius 1 is 0.976 bits per heavy atom. The Balaban J connectivity index is 1.46. The third-order valence-electron chi connectivity index (χ3n) is 6.80. The second-order valence-electron chi connectivity index (χ2n) is 9.93. The van der Waals surface area contributed by atoms with Crippen molar-refractivity contribution in [3.8, 4) is 22.7 Å². The first-order valence-corrected chi connectivity index (χ1v) is 14.2. The number of aryl methyl sites for hydroxylation is 2. The molecule has 0 saturated heterocycles. The van der Waals surface area contributed by atoms with Crippen LogP contribution >= 0.6 is 11.3 Å². The molecule has 6 aromatic rings. The van der Waals surface area contributed by atoms with E-state index < -0.39 is 5.56 Å². The molecule has 3 heterocycles. The van der Waals surface area contributed by atoms with Crippen molar-refractivity contribution in [1.29, 1.82) is 0 Å². The Labute approximate surface area is 245 Å². The van der Waals surface area contributed by atoms with Gasteiger partial charge in [0.1, 0.15) is 23.7 Å². The maximum Gasteiger partial charge on any atom is 0.296 e. The van der Waals surface area contributed by atoms with Gasteiger partial charge in [-0.1, -0.05) is 72.0 Å². The molecule has 208 valence electrons. The van der Waals surface area contributed by atoms with E-state index in [0.29, 0.717) is 23.3 Å². The summed E-state index contributed by atoms with van der Waals surface area (Å²) in [7, 11) is 0. The van der Waals surface area contributed by atoms with Crippen LogP contribution in [-0.2, 0) is 6.42 Å². The molecule has 0 saturated carbocycles. The molecule has 0 aliphatic carbocycles. The minimum atomic E-state index is -0.435. The van der Waals surface area contributed by atoms with Crippen LogP contribution < -0.4 is 20.4 Å². The van der Waals surface area contributed by atoms with E-state index in [9.17, 15) is 9.59 Å². The smallest absolute Gasteiger partial charge is 0.296 e. The van der Waals surface area contributed by atoms with Gasteiger partial charge in [-0.05, 0) is 61.4 Å². The summed E-state index contributed by atoms with van der Waals surface area (Å²) < 4.78 is 9.16. The summed E-state index contributed by atoms with van der Waals surface area (Å²) in [4.78, 5) is 30.7. The number of aromatic nitrogens is 5. The minimum Gasteiger partial charge on any atom is -0.489 e. The SMILES string of the molecule is C=CCOc1ccc(-c2nn(-c3ccccc3)cc2C=c2sc3nc(=O)c(Cc4ccc(C)cc4)nn3c2=O)cc1C. The van der Waals surface area contributed by atoms with Crippen molar-refractivity contribution in [2.75, 3.05) is 6.61 Å². The van der Waals surface area contributed by atoms with Crippen molar-refractivity contribution >= 4 is 22.4 Å². The summed E-state index contributed by atoms with van der Waals surface area (Å²) in [6.45, 7) is 8.10. The molecule has 0 aliphatic heterocycles. The highest BCUT2D eigenvalue weighted by molar-refractivity contribution is 7.15. The van der Waals surface area contributed by atoms with Gasteiger partial charge in [-0.25, -0.2) is 4.68 Å². The first-order chi connectivity index (χ1) is 20.4. The molecular formula is C33H27N5O3S. The Bertz CT molecular complexity index is 2090. The fourth-order valence-corrected chi connectivity index (χ4v) is 5.53. The topological polar surface area (TPSA) is 91.4 Å². The number of nitrogens with zero attached hydrogens (tertiary/aromatic N) is 5. The van der Waals surface area contributed by atoms with Crippen LogP contribution in [0.5, 0.6) is 5.75 Å². The molecule has 3 aromatic heterocycles. The fraction of sp³-hybridized carbons (Fsp3) is 0.121. The number of thiazole rings is 1. The summed E-state index contributed by atoms with van der Waals surface area (Å²) in [5.41, 5.74) is 5.65. The van der Waals surface area contributed by atoms with E-state index in [1.807, 2.05) is 92.8 Å². The highest BCUT2D eigenvalue weighted by atomic mass is 32.1. The normalized spacial score (nSPS) is 11.7. The molecule has 0 N–H and O–H groups in total. The van der Waals surface area contributed by atoms with Gasteiger partial charge < -0.3 is 4.74 Å². The number of hydrogen-bond donors (Lipinski definition) is 0. The number of rotatable bonds is 8. The van der Waals surface area contributed by atoms with Crippen LogP contribution in [0.15, 0.2) is 101 Å². The molecule has 0 spiro atoms. The molecule has 0 fully saturated rings. The van der Waals surface area contributed by atoms with Gasteiger partial charge in [-0.2, -0.15) is 19.7 Å². The monoisotopic (exact) mass is 573 g/mol. The molecule has 3 aromatic carbocycles. The van der Waals surface area contributed by atoms with Gasteiger partial charge in [0, 0.05) is 23.7 Å². The fourth-order valence-electron chi connectivity index (χ4n) is 4.63. The second kappa shape index (κ2) is 11.4. The second-order valence-corrected chi connectivity index (χ2v) is 10.9. The van der Waals surface area contributed by atoms with Crippen LogP contribution in [0, 0.1) is 13.8 Å². The predicted octanol–water partition coefficient (Wildman–Crippen LogP) is 4.68. The lowest BCUT2D eigenvalue weighted by Gasteiger charge is -2.08. The summed E-state index contributed by atoms with van der Waals surface area (Å²) in [6.07, 6.45) is 5.67. The number of fused-ring (bicyclic) bond motifs is 1. The summed E-state index contributed by atoms with van der Waals surface area (Å²) in [6, 6.07) is 23.5. The number of ether oxygens (including phenoxy) is 1. The zero-order valence-electron chi connectivity index (χ0n) is 23.2. The maximum absolute atomic E-state index is 13.5. The van der Waals surface area contributed by atoms with Gasteiger partial charge in [0.15, 0.2) is 0 Å². The highest BCUT2D eigenvalue weighted by Gasteiger charge is 2.16. The quantitative estimate of drug-likeness (QED) is 0.246. The van der Waals surface area contributed by atoms with Crippen LogP contribution in [-0.4, -0.2) is 31.0 Å². The van der Waals surface area contributed by atoms with Crippen molar-refractivity contribution in [3.63, 3.8) is 0 Å². The molecule has 0 radical (unpaired) electrons. The maximum atomic E-state index is 13.5. The van der Waals surface area contributed by atoms with Gasteiger partial charge in [0.25, 0.3) is 11.1 Å². The average molecular weight is 574 g/mol. The molecule has 42 heavy (non-hydrogen) atoms. The Morgan fingerprint density at radius 3 is 2.50 bits per heavy atom. The zero-order chi connectivity index (χ0) is 29.2. The standard InChI is InChI=1S/C33H27N5O3S/c1-4-16-41-28-15-14-24(17-22(28)3)30-25(20-37(36-30)26-8-6-5-7-9-26)19-29-32(40)38-33(42-29)34-31(39)27(35-38)18-23-12-10-21(2)11-13-23/h4-15,17,19-20H,1,16,18H2,2-3H3.